The number of nitrogens with one attached hydrogen (secondary N) is 3. The van der Waals surface area contributed by atoms with E-state index in [0.717, 1.165) is 12.3 Å². The van der Waals surface area contributed by atoms with Gasteiger partial charge in [0.2, 0.25) is 5.91 Å². The Morgan fingerprint density at radius 3 is 2.85 bits per heavy atom. The molecule has 0 aliphatic rings. The number of thioether (sulfide) groups is 1. The molecule has 0 spiro atoms. The van der Waals surface area contributed by atoms with Crippen molar-refractivity contribution in [2.75, 3.05) is 37.5 Å². The molecule has 0 fully saturated rings. The molecule has 8 heteroatoms. The molecule has 1 heterocycles. The van der Waals surface area contributed by atoms with Crippen LogP contribution in [-0.2, 0) is 4.79 Å². The second-order valence-electron chi connectivity index (χ2n) is 3.64. The van der Waals surface area contributed by atoms with Gasteiger partial charge in [-0.15, -0.1) is 24.0 Å². The highest BCUT2D eigenvalue weighted by Crippen LogP contribution is 2.01. The molecule has 0 aliphatic carbocycles. The van der Waals surface area contributed by atoms with E-state index in [2.05, 4.69) is 25.9 Å². The Bertz CT molecular complexity index is 416. The summed E-state index contributed by atoms with van der Waals surface area (Å²) in [5.74, 6) is 1.47. The largest absolute Gasteiger partial charge is 0.356 e. The zero-order valence-electron chi connectivity index (χ0n) is 11.5. The van der Waals surface area contributed by atoms with Gasteiger partial charge in [0.1, 0.15) is 0 Å². The summed E-state index contributed by atoms with van der Waals surface area (Å²) in [4.78, 5) is 19.6. The minimum atomic E-state index is -0.138. The monoisotopic (exact) mass is 409 g/mol. The van der Waals surface area contributed by atoms with Crippen LogP contribution in [0.25, 0.3) is 0 Å². The molecule has 0 atom stereocenters. The van der Waals surface area contributed by atoms with Gasteiger partial charge in [-0.25, -0.2) is 0 Å². The second-order valence-corrected chi connectivity index (χ2v) is 4.62. The quantitative estimate of drug-likeness (QED) is 0.285. The van der Waals surface area contributed by atoms with Crippen molar-refractivity contribution < 1.29 is 4.79 Å². The van der Waals surface area contributed by atoms with Crippen molar-refractivity contribution in [2.24, 2.45) is 4.99 Å². The highest BCUT2D eigenvalue weighted by Gasteiger charge is 2.03. The van der Waals surface area contributed by atoms with E-state index in [-0.39, 0.29) is 36.4 Å². The summed E-state index contributed by atoms with van der Waals surface area (Å²) in [5, 5.41) is 8.80. The fourth-order valence-corrected chi connectivity index (χ4v) is 1.60. The van der Waals surface area contributed by atoms with Crippen LogP contribution in [0.1, 0.15) is 0 Å². The molecule has 0 bridgehead atoms. The summed E-state index contributed by atoms with van der Waals surface area (Å²) in [6.07, 6.45) is 5.30. The fourth-order valence-electron chi connectivity index (χ4n) is 1.30. The van der Waals surface area contributed by atoms with E-state index in [0.29, 0.717) is 11.6 Å². The van der Waals surface area contributed by atoms with Gasteiger partial charge in [0.15, 0.2) is 5.96 Å². The van der Waals surface area contributed by atoms with Crippen LogP contribution in [0.3, 0.4) is 0 Å². The van der Waals surface area contributed by atoms with Crippen molar-refractivity contribution in [2.45, 2.75) is 0 Å². The molecule has 0 aliphatic heterocycles. The zero-order valence-corrected chi connectivity index (χ0v) is 14.7. The Morgan fingerprint density at radius 2 is 2.25 bits per heavy atom. The van der Waals surface area contributed by atoms with Crippen LogP contribution in [0.5, 0.6) is 0 Å². The summed E-state index contributed by atoms with van der Waals surface area (Å²) in [5.41, 5.74) is 0.680. The van der Waals surface area contributed by atoms with Gasteiger partial charge in [-0.05, 0) is 18.4 Å². The second kappa shape index (κ2) is 11.8. The number of halogens is 1. The number of amides is 1. The molecular weight excluding hydrogens is 389 g/mol. The zero-order chi connectivity index (χ0) is 13.9. The molecule has 3 N–H and O–H groups in total. The van der Waals surface area contributed by atoms with Crippen molar-refractivity contribution in [3.05, 3.63) is 24.5 Å². The number of rotatable bonds is 6. The predicted octanol–water partition coefficient (Wildman–Crippen LogP) is 1.17. The molecule has 1 amide bonds. The Hall–Kier alpha value is -1.03. The highest BCUT2D eigenvalue weighted by atomic mass is 127. The SMILES string of the molecule is CN=C(NCCSC)NCC(=O)Nc1cccnc1.I. The lowest BCUT2D eigenvalue weighted by atomic mass is 10.4. The summed E-state index contributed by atoms with van der Waals surface area (Å²) in [7, 11) is 1.67. The van der Waals surface area contributed by atoms with Crippen molar-refractivity contribution >= 4 is 53.3 Å². The Balaban J connectivity index is 0.00000361. The summed E-state index contributed by atoms with van der Waals surface area (Å²) in [6, 6.07) is 3.56. The third-order valence-electron chi connectivity index (χ3n) is 2.18. The van der Waals surface area contributed by atoms with Crippen LogP contribution in [0, 0.1) is 0 Å². The van der Waals surface area contributed by atoms with E-state index in [9.17, 15) is 4.79 Å². The van der Waals surface area contributed by atoms with Gasteiger partial charge < -0.3 is 16.0 Å². The normalized spacial score (nSPS) is 10.4. The van der Waals surface area contributed by atoms with E-state index >= 15 is 0 Å². The molecule has 20 heavy (non-hydrogen) atoms. The van der Waals surface area contributed by atoms with E-state index < -0.39 is 0 Å². The number of hydrogen-bond donors (Lipinski definition) is 3. The Kier molecular flexibility index (Phi) is 11.2. The van der Waals surface area contributed by atoms with Crippen molar-refractivity contribution in [1.82, 2.24) is 15.6 Å². The average molecular weight is 409 g/mol. The Labute approximate surface area is 140 Å². The van der Waals surface area contributed by atoms with E-state index in [1.165, 1.54) is 0 Å². The van der Waals surface area contributed by atoms with Gasteiger partial charge in [0.25, 0.3) is 0 Å². The van der Waals surface area contributed by atoms with Crippen LogP contribution in [0.2, 0.25) is 0 Å². The molecule has 0 aromatic carbocycles. The lowest BCUT2D eigenvalue weighted by molar-refractivity contribution is -0.115. The number of aromatic nitrogens is 1. The molecule has 0 saturated heterocycles. The lowest BCUT2D eigenvalue weighted by Crippen LogP contribution is -2.42. The third kappa shape index (κ3) is 8.20. The summed E-state index contributed by atoms with van der Waals surface area (Å²) >= 11 is 1.75. The molecule has 0 saturated carbocycles. The third-order valence-corrected chi connectivity index (χ3v) is 2.80. The number of guanidine groups is 1. The predicted molar refractivity (Wildman–Crippen MR) is 96.0 cm³/mol. The number of carbonyl (C=O) groups excluding carboxylic acids is 1. The van der Waals surface area contributed by atoms with Crippen molar-refractivity contribution in [3.63, 3.8) is 0 Å². The average Bonchev–Trinajstić information content (AvgIpc) is 2.44. The molecule has 0 unspecified atom stereocenters. The first-order chi connectivity index (χ1) is 9.26. The topological polar surface area (TPSA) is 78.4 Å². The van der Waals surface area contributed by atoms with Gasteiger partial charge in [-0.1, -0.05) is 0 Å². The fraction of sp³-hybridized carbons (Fsp3) is 0.417. The minimum absolute atomic E-state index is 0. The van der Waals surface area contributed by atoms with Crippen LogP contribution in [-0.4, -0.2) is 49.0 Å². The highest BCUT2D eigenvalue weighted by molar-refractivity contribution is 14.0. The number of carbonyl (C=O) groups is 1. The molecule has 112 valence electrons. The molecule has 1 aromatic heterocycles. The van der Waals surface area contributed by atoms with E-state index in [4.69, 9.17) is 0 Å². The number of hydrogen-bond acceptors (Lipinski definition) is 4. The molecular formula is C12H20IN5OS. The maximum Gasteiger partial charge on any atom is 0.243 e. The van der Waals surface area contributed by atoms with Crippen molar-refractivity contribution in [3.8, 4) is 0 Å². The van der Waals surface area contributed by atoms with Crippen LogP contribution < -0.4 is 16.0 Å². The standard InChI is InChI=1S/C12H19N5OS.HI/c1-13-12(15-6-7-19-2)16-9-11(18)17-10-4-3-5-14-8-10;/h3-5,8H,6-7,9H2,1-2H3,(H,17,18)(H2,13,15,16);1H. The molecule has 1 aromatic rings. The maximum absolute atomic E-state index is 11.7. The van der Waals surface area contributed by atoms with Gasteiger partial charge in [-0.3, -0.25) is 14.8 Å². The summed E-state index contributed by atoms with van der Waals surface area (Å²) in [6.45, 7) is 0.971. The van der Waals surface area contributed by atoms with E-state index in [1.54, 1.807) is 43.3 Å². The number of pyridine rings is 1. The molecule has 6 nitrogen and oxygen atoms in total. The lowest BCUT2D eigenvalue weighted by Gasteiger charge is -2.11. The van der Waals surface area contributed by atoms with E-state index in [1.807, 2.05) is 6.26 Å². The maximum atomic E-state index is 11.7. The number of aliphatic imine (C=N–C) groups is 1. The number of nitrogens with zero attached hydrogens (tertiary/aromatic N) is 2. The number of anilines is 1. The first kappa shape index (κ1) is 19.0. The molecule has 1 rings (SSSR count). The van der Waals surface area contributed by atoms with Gasteiger partial charge in [0.05, 0.1) is 18.4 Å². The van der Waals surface area contributed by atoms with Crippen LogP contribution in [0.4, 0.5) is 5.69 Å². The first-order valence-electron chi connectivity index (χ1n) is 5.89. The van der Waals surface area contributed by atoms with Gasteiger partial charge >= 0.3 is 0 Å². The smallest absolute Gasteiger partial charge is 0.243 e. The van der Waals surface area contributed by atoms with Crippen LogP contribution in [0.15, 0.2) is 29.5 Å². The van der Waals surface area contributed by atoms with Crippen molar-refractivity contribution in [1.29, 1.82) is 0 Å². The summed E-state index contributed by atoms with van der Waals surface area (Å²) < 4.78 is 0. The Morgan fingerprint density at radius 1 is 1.45 bits per heavy atom. The molecule has 0 radical (unpaired) electrons. The minimum Gasteiger partial charge on any atom is -0.356 e. The van der Waals surface area contributed by atoms with Gasteiger partial charge in [-0.2, -0.15) is 11.8 Å². The first-order valence-corrected chi connectivity index (χ1v) is 7.29. The van der Waals surface area contributed by atoms with Crippen LogP contribution >= 0.6 is 35.7 Å². The van der Waals surface area contributed by atoms with Gasteiger partial charge in [0, 0.05) is 25.5 Å².